The molecule has 4 nitrogen and oxygen atoms in total. The Morgan fingerprint density at radius 1 is 1.29 bits per heavy atom. The van der Waals surface area contributed by atoms with E-state index in [1.807, 2.05) is 25.1 Å². The number of aliphatic hydroxyl groups is 1. The number of methoxy groups -OCH3 is 1. The summed E-state index contributed by atoms with van der Waals surface area (Å²) < 4.78 is 11.5. The Kier molecular flexibility index (Phi) is 9.67. The van der Waals surface area contributed by atoms with E-state index in [1.54, 1.807) is 7.11 Å². The van der Waals surface area contributed by atoms with Crippen LogP contribution >= 0.6 is 15.9 Å². The molecule has 2 N–H and O–H groups in total. The second-order valence-electron chi connectivity index (χ2n) is 5.16. The van der Waals surface area contributed by atoms with E-state index in [4.69, 9.17) is 9.47 Å². The third kappa shape index (κ3) is 8.41. The van der Waals surface area contributed by atoms with Crippen molar-refractivity contribution in [3.8, 4) is 5.75 Å². The molecule has 1 unspecified atom stereocenters. The van der Waals surface area contributed by atoms with Gasteiger partial charge in [0.25, 0.3) is 0 Å². The zero-order chi connectivity index (χ0) is 15.5. The summed E-state index contributed by atoms with van der Waals surface area (Å²) in [6.45, 7) is 4.60. The van der Waals surface area contributed by atoms with Crippen molar-refractivity contribution in [1.29, 1.82) is 0 Å². The Balaban J connectivity index is 2.09. The average molecular weight is 360 g/mol. The molecule has 120 valence electrons. The summed E-state index contributed by atoms with van der Waals surface area (Å²) >= 11 is 3.46. The van der Waals surface area contributed by atoms with Crippen molar-refractivity contribution in [2.45, 2.75) is 32.3 Å². The number of nitrogens with one attached hydrogen (secondary N) is 1. The minimum absolute atomic E-state index is 0.290. The van der Waals surface area contributed by atoms with E-state index >= 15 is 0 Å². The molecule has 0 saturated carbocycles. The quantitative estimate of drug-likeness (QED) is 0.596. The van der Waals surface area contributed by atoms with Gasteiger partial charge in [-0.1, -0.05) is 6.07 Å². The standard InChI is InChI=1S/C16H26BrNO3/c1-13-6-7-16(15(17)10-13)21-12-14(19)11-18-8-4-3-5-9-20-2/h6-7,10,14,18-19H,3-5,8-9,11-12H2,1-2H3. The van der Waals surface area contributed by atoms with Crippen molar-refractivity contribution in [2.75, 3.05) is 33.4 Å². The molecule has 0 saturated heterocycles. The van der Waals surface area contributed by atoms with E-state index in [-0.39, 0.29) is 0 Å². The van der Waals surface area contributed by atoms with E-state index in [9.17, 15) is 5.11 Å². The molecular formula is C16H26BrNO3. The summed E-state index contributed by atoms with van der Waals surface area (Å²) in [4.78, 5) is 0. The van der Waals surface area contributed by atoms with E-state index in [2.05, 4.69) is 21.2 Å². The highest BCUT2D eigenvalue weighted by molar-refractivity contribution is 9.10. The minimum Gasteiger partial charge on any atom is -0.490 e. The lowest BCUT2D eigenvalue weighted by molar-refractivity contribution is 0.106. The molecule has 0 fully saturated rings. The topological polar surface area (TPSA) is 50.7 Å². The molecule has 5 heteroatoms. The largest absolute Gasteiger partial charge is 0.490 e. The third-order valence-electron chi connectivity index (χ3n) is 3.10. The lowest BCUT2D eigenvalue weighted by atomic mass is 10.2. The first-order valence-corrected chi connectivity index (χ1v) is 8.19. The van der Waals surface area contributed by atoms with Gasteiger partial charge in [0.2, 0.25) is 0 Å². The first-order chi connectivity index (χ1) is 10.1. The second kappa shape index (κ2) is 11.0. The van der Waals surface area contributed by atoms with Gasteiger partial charge in [0, 0.05) is 20.3 Å². The van der Waals surface area contributed by atoms with Gasteiger partial charge >= 0.3 is 0 Å². The number of ether oxygens (including phenoxy) is 2. The molecule has 1 atom stereocenters. The molecular weight excluding hydrogens is 334 g/mol. The van der Waals surface area contributed by atoms with Crippen LogP contribution in [0.2, 0.25) is 0 Å². The Morgan fingerprint density at radius 2 is 2.10 bits per heavy atom. The summed E-state index contributed by atoms with van der Waals surface area (Å²) in [5, 5.41) is 13.1. The number of benzene rings is 1. The number of hydrogen-bond acceptors (Lipinski definition) is 4. The molecule has 0 bridgehead atoms. The summed E-state index contributed by atoms with van der Waals surface area (Å²) in [7, 11) is 1.72. The molecule has 0 aliphatic carbocycles. The Morgan fingerprint density at radius 3 is 2.81 bits per heavy atom. The summed E-state index contributed by atoms with van der Waals surface area (Å²) in [5.41, 5.74) is 1.17. The molecule has 1 aromatic carbocycles. The molecule has 1 aromatic rings. The van der Waals surface area contributed by atoms with Gasteiger partial charge in [-0.25, -0.2) is 0 Å². The highest BCUT2D eigenvalue weighted by Crippen LogP contribution is 2.25. The van der Waals surface area contributed by atoms with Crippen LogP contribution in [0.15, 0.2) is 22.7 Å². The number of hydrogen-bond donors (Lipinski definition) is 2. The van der Waals surface area contributed by atoms with Crippen LogP contribution in [0.1, 0.15) is 24.8 Å². The van der Waals surface area contributed by atoms with E-state index < -0.39 is 6.10 Å². The molecule has 0 spiro atoms. The molecule has 0 radical (unpaired) electrons. The first-order valence-electron chi connectivity index (χ1n) is 7.40. The molecule has 1 rings (SSSR count). The van der Waals surface area contributed by atoms with Crippen molar-refractivity contribution >= 4 is 15.9 Å². The van der Waals surface area contributed by atoms with Crippen LogP contribution in [0, 0.1) is 6.92 Å². The maximum Gasteiger partial charge on any atom is 0.133 e. The zero-order valence-corrected chi connectivity index (χ0v) is 14.5. The van der Waals surface area contributed by atoms with Crippen molar-refractivity contribution < 1.29 is 14.6 Å². The monoisotopic (exact) mass is 359 g/mol. The van der Waals surface area contributed by atoms with Crippen molar-refractivity contribution in [3.63, 3.8) is 0 Å². The normalized spacial score (nSPS) is 12.4. The van der Waals surface area contributed by atoms with Gasteiger partial charge in [-0.3, -0.25) is 0 Å². The first kappa shape index (κ1) is 18.4. The van der Waals surface area contributed by atoms with Gasteiger partial charge in [0.05, 0.1) is 4.47 Å². The highest BCUT2D eigenvalue weighted by Gasteiger charge is 2.07. The van der Waals surface area contributed by atoms with Crippen LogP contribution in [0.5, 0.6) is 5.75 Å². The highest BCUT2D eigenvalue weighted by atomic mass is 79.9. The smallest absolute Gasteiger partial charge is 0.133 e. The predicted octanol–water partition coefficient (Wildman–Crippen LogP) is 2.90. The van der Waals surface area contributed by atoms with E-state index in [0.29, 0.717) is 13.2 Å². The Hall–Kier alpha value is -0.620. The van der Waals surface area contributed by atoms with Crippen LogP contribution in [0.3, 0.4) is 0 Å². The number of halogens is 1. The van der Waals surface area contributed by atoms with Crippen molar-refractivity contribution in [1.82, 2.24) is 5.32 Å². The molecule has 0 amide bonds. The average Bonchev–Trinajstić information content (AvgIpc) is 2.45. The summed E-state index contributed by atoms with van der Waals surface area (Å²) in [6, 6.07) is 5.90. The van der Waals surface area contributed by atoms with E-state index in [1.165, 1.54) is 5.56 Å². The fourth-order valence-corrected chi connectivity index (χ4v) is 2.52. The number of aryl methyl sites for hydroxylation is 1. The fourth-order valence-electron chi connectivity index (χ4n) is 1.91. The van der Waals surface area contributed by atoms with Crippen LogP contribution in [0.4, 0.5) is 0 Å². The maximum absolute atomic E-state index is 9.87. The molecule has 21 heavy (non-hydrogen) atoms. The molecule has 0 aliphatic rings. The second-order valence-corrected chi connectivity index (χ2v) is 6.01. The Labute approximate surface area is 136 Å². The number of aliphatic hydroxyl groups excluding tert-OH is 1. The number of rotatable bonds is 11. The fraction of sp³-hybridized carbons (Fsp3) is 0.625. The molecule has 0 heterocycles. The SMILES string of the molecule is COCCCCCNCC(O)COc1ccc(C)cc1Br. The van der Waals surface area contributed by atoms with Crippen LogP contribution in [-0.2, 0) is 4.74 Å². The molecule has 0 aromatic heterocycles. The van der Waals surface area contributed by atoms with Gasteiger partial charge in [0.15, 0.2) is 0 Å². The van der Waals surface area contributed by atoms with E-state index in [0.717, 1.165) is 42.6 Å². The Bertz CT molecular complexity index is 401. The van der Waals surface area contributed by atoms with Crippen LogP contribution in [0.25, 0.3) is 0 Å². The van der Waals surface area contributed by atoms with Crippen LogP contribution in [-0.4, -0.2) is 44.6 Å². The minimum atomic E-state index is -0.503. The van der Waals surface area contributed by atoms with Gasteiger partial charge < -0.3 is 19.9 Å². The van der Waals surface area contributed by atoms with Gasteiger partial charge in [-0.05, 0) is 66.4 Å². The summed E-state index contributed by atoms with van der Waals surface area (Å²) in [5.74, 6) is 0.763. The lowest BCUT2D eigenvalue weighted by Gasteiger charge is -2.14. The van der Waals surface area contributed by atoms with Crippen LogP contribution < -0.4 is 10.1 Å². The lowest BCUT2D eigenvalue weighted by Crippen LogP contribution is -2.32. The number of unbranched alkanes of at least 4 members (excludes halogenated alkanes) is 2. The molecule has 0 aliphatic heterocycles. The maximum atomic E-state index is 9.87. The third-order valence-corrected chi connectivity index (χ3v) is 3.72. The summed E-state index contributed by atoms with van der Waals surface area (Å²) in [6.07, 6.45) is 2.83. The predicted molar refractivity (Wildman–Crippen MR) is 89.0 cm³/mol. The van der Waals surface area contributed by atoms with Crippen molar-refractivity contribution in [3.05, 3.63) is 28.2 Å². The van der Waals surface area contributed by atoms with Gasteiger partial charge in [0.1, 0.15) is 18.5 Å². The van der Waals surface area contributed by atoms with Gasteiger partial charge in [-0.15, -0.1) is 0 Å². The van der Waals surface area contributed by atoms with Gasteiger partial charge in [-0.2, -0.15) is 0 Å². The zero-order valence-electron chi connectivity index (χ0n) is 12.9. The van der Waals surface area contributed by atoms with Crippen molar-refractivity contribution in [2.24, 2.45) is 0 Å².